The normalized spacial score (nSPS) is 28.5. The maximum absolute atomic E-state index is 10.9. The van der Waals surface area contributed by atoms with Crippen molar-refractivity contribution in [3.8, 4) is 0 Å². The van der Waals surface area contributed by atoms with Crippen molar-refractivity contribution in [1.29, 1.82) is 0 Å². The van der Waals surface area contributed by atoms with Crippen LogP contribution < -0.4 is 0 Å². The highest BCUT2D eigenvalue weighted by Crippen LogP contribution is 2.47. The Bertz CT molecular complexity index is 405. The molecule has 0 bridgehead atoms. The molecule has 0 radical (unpaired) electrons. The summed E-state index contributed by atoms with van der Waals surface area (Å²) in [5.74, 6) is 0.308. The van der Waals surface area contributed by atoms with Crippen LogP contribution in [0.1, 0.15) is 31.2 Å². The summed E-state index contributed by atoms with van der Waals surface area (Å²) < 4.78 is 0. The lowest BCUT2D eigenvalue weighted by atomic mass is 9.66. The Hall–Kier alpha value is -1.42. The van der Waals surface area contributed by atoms with E-state index >= 15 is 0 Å². The van der Waals surface area contributed by atoms with Crippen molar-refractivity contribution in [3.05, 3.63) is 39.9 Å². The van der Waals surface area contributed by atoms with Gasteiger partial charge in [-0.1, -0.05) is 31.5 Å². The van der Waals surface area contributed by atoms with Crippen LogP contribution in [-0.2, 0) is 0 Å². The Morgan fingerprint density at radius 1 is 1.50 bits per heavy atom. The van der Waals surface area contributed by atoms with Crippen LogP contribution in [0.5, 0.6) is 0 Å². The Balaban J connectivity index is 2.31. The largest absolute Gasteiger partial charge is 0.393 e. The highest BCUT2D eigenvalue weighted by Gasteiger charge is 2.41. The first-order valence-electron chi connectivity index (χ1n) is 5.56. The van der Waals surface area contributed by atoms with Crippen LogP contribution in [0, 0.1) is 16.0 Å². The summed E-state index contributed by atoms with van der Waals surface area (Å²) in [7, 11) is 0. The van der Waals surface area contributed by atoms with Crippen molar-refractivity contribution in [2.24, 2.45) is 5.92 Å². The topological polar surface area (TPSA) is 63.4 Å². The lowest BCUT2D eigenvalue weighted by molar-refractivity contribution is -0.386. The zero-order valence-corrected chi connectivity index (χ0v) is 9.17. The smallest absolute Gasteiger partial charge is 0.272 e. The minimum atomic E-state index is -0.341. The van der Waals surface area contributed by atoms with E-state index in [2.05, 4.69) is 0 Å². The van der Waals surface area contributed by atoms with Crippen LogP contribution in [0.2, 0.25) is 0 Å². The van der Waals surface area contributed by atoms with E-state index in [9.17, 15) is 15.2 Å². The van der Waals surface area contributed by atoms with Gasteiger partial charge >= 0.3 is 0 Å². The van der Waals surface area contributed by atoms with Gasteiger partial charge in [-0.15, -0.1) is 0 Å². The molecule has 4 heteroatoms. The summed E-state index contributed by atoms with van der Waals surface area (Å²) in [6, 6.07) is 6.83. The first-order valence-corrected chi connectivity index (χ1v) is 5.56. The Morgan fingerprint density at radius 3 is 2.75 bits per heavy atom. The van der Waals surface area contributed by atoms with Crippen molar-refractivity contribution in [2.75, 3.05) is 0 Å². The SMILES string of the molecule is CCC1C(O)CC1c1ccccc1[N+](=O)[O-]. The molecule has 1 aromatic rings. The Kier molecular flexibility index (Phi) is 2.92. The van der Waals surface area contributed by atoms with Gasteiger partial charge in [-0.2, -0.15) is 0 Å². The van der Waals surface area contributed by atoms with Crippen molar-refractivity contribution in [2.45, 2.75) is 31.8 Å². The van der Waals surface area contributed by atoms with E-state index < -0.39 is 0 Å². The lowest BCUT2D eigenvalue weighted by Gasteiger charge is -2.41. The third kappa shape index (κ3) is 1.69. The molecule has 0 amide bonds. The molecule has 0 aromatic heterocycles. The molecular formula is C12H15NO3. The highest BCUT2D eigenvalue weighted by atomic mass is 16.6. The zero-order chi connectivity index (χ0) is 11.7. The highest BCUT2D eigenvalue weighted by molar-refractivity contribution is 5.44. The van der Waals surface area contributed by atoms with Gasteiger partial charge in [0.2, 0.25) is 0 Å². The van der Waals surface area contributed by atoms with Crippen LogP contribution >= 0.6 is 0 Å². The maximum atomic E-state index is 10.9. The van der Waals surface area contributed by atoms with Gasteiger partial charge in [0.05, 0.1) is 11.0 Å². The van der Waals surface area contributed by atoms with Gasteiger partial charge in [-0.25, -0.2) is 0 Å². The summed E-state index contributed by atoms with van der Waals surface area (Å²) in [5.41, 5.74) is 0.947. The van der Waals surface area contributed by atoms with Gasteiger partial charge in [0, 0.05) is 11.6 Å². The number of nitro benzene ring substituents is 1. The quantitative estimate of drug-likeness (QED) is 0.630. The fraction of sp³-hybridized carbons (Fsp3) is 0.500. The number of para-hydroxylation sites is 1. The number of aliphatic hydroxyl groups excluding tert-OH is 1. The van der Waals surface area contributed by atoms with Gasteiger partial charge < -0.3 is 5.11 Å². The summed E-state index contributed by atoms with van der Waals surface area (Å²) in [6.07, 6.45) is 1.20. The van der Waals surface area contributed by atoms with Crippen LogP contribution in [0.15, 0.2) is 24.3 Å². The number of hydrogen-bond donors (Lipinski definition) is 1. The molecule has 0 heterocycles. The van der Waals surface area contributed by atoms with Crippen LogP contribution in [0.25, 0.3) is 0 Å². The zero-order valence-electron chi connectivity index (χ0n) is 9.17. The van der Waals surface area contributed by atoms with E-state index in [0.29, 0.717) is 6.42 Å². The number of hydrogen-bond acceptors (Lipinski definition) is 3. The second kappa shape index (κ2) is 4.22. The van der Waals surface area contributed by atoms with Crippen LogP contribution in [0.3, 0.4) is 0 Å². The average Bonchev–Trinajstić information content (AvgIpc) is 2.26. The van der Waals surface area contributed by atoms with Gasteiger partial charge in [-0.3, -0.25) is 10.1 Å². The second-order valence-corrected chi connectivity index (χ2v) is 4.30. The van der Waals surface area contributed by atoms with Crippen molar-refractivity contribution in [3.63, 3.8) is 0 Å². The van der Waals surface area contributed by atoms with E-state index in [-0.39, 0.29) is 28.6 Å². The van der Waals surface area contributed by atoms with Gasteiger partial charge in [0.25, 0.3) is 5.69 Å². The van der Waals surface area contributed by atoms with Gasteiger partial charge in [0.1, 0.15) is 0 Å². The number of rotatable bonds is 3. The monoisotopic (exact) mass is 221 g/mol. The molecule has 4 nitrogen and oxygen atoms in total. The third-order valence-electron chi connectivity index (χ3n) is 3.51. The predicted octanol–water partition coefficient (Wildman–Crippen LogP) is 2.47. The minimum absolute atomic E-state index is 0.140. The number of benzene rings is 1. The fourth-order valence-corrected chi connectivity index (χ4v) is 2.56. The third-order valence-corrected chi connectivity index (χ3v) is 3.51. The molecule has 0 saturated heterocycles. The molecule has 1 saturated carbocycles. The van der Waals surface area contributed by atoms with E-state index in [1.54, 1.807) is 12.1 Å². The predicted molar refractivity (Wildman–Crippen MR) is 60.2 cm³/mol. The van der Waals surface area contributed by atoms with E-state index in [1.807, 2.05) is 13.0 Å². The molecule has 3 atom stereocenters. The van der Waals surface area contributed by atoms with Crippen molar-refractivity contribution >= 4 is 5.69 Å². The summed E-state index contributed by atoms with van der Waals surface area (Å²) in [4.78, 5) is 10.5. The molecule has 0 spiro atoms. The molecule has 86 valence electrons. The van der Waals surface area contributed by atoms with Crippen LogP contribution in [0.4, 0.5) is 5.69 Å². The van der Waals surface area contributed by atoms with E-state index in [1.165, 1.54) is 6.07 Å². The minimum Gasteiger partial charge on any atom is -0.393 e. The standard InChI is InChI=1S/C12H15NO3/c1-2-8-10(7-12(8)14)9-5-3-4-6-11(9)13(15)16/h3-6,8,10,12,14H,2,7H2,1H3. The average molecular weight is 221 g/mol. The fourth-order valence-electron chi connectivity index (χ4n) is 2.56. The first kappa shape index (κ1) is 11.1. The summed E-state index contributed by atoms with van der Waals surface area (Å²) in [6.45, 7) is 2.01. The van der Waals surface area contributed by atoms with E-state index in [0.717, 1.165) is 12.0 Å². The van der Waals surface area contributed by atoms with Crippen molar-refractivity contribution in [1.82, 2.24) is 0 Å². The maximum Gasteiger partial charge on any atom is 0.272 e. The molecule has 1 aliphatic rings. The number of nitrogens with zero attached hydrogens (tertiary/aromatic N) is 1. The first-order chi connectivity index (χ1) is 7.65. The van der Waals surface area contributed by atoms with E-state index in [4.69, 9.17) is 0 Å². The molecule has 16 heavy (non-hydrogen) atoms. The number of aliphatic hydroxyl groups is 1. The van der Waals surface area contributed by atoms with Gasteiger partial charge in [-0.05, 0) is 18.3 Å². The molecule has 3 unspecified atom stereocenters. The number of nitro groups is 1. The van der Waals surface area contributed by atoms with Crippen molar-refractivity contribution < 1.29 is 10.0 Å². The molecule has 2 rings (SSSR count). The Morgan fingerprint density at radius 2 is 2.19 bits per heavy atom. The molecule has 1 fully saturated rings. The Labute approximate surface area is 94.1 Å². The molecule has 0 aliphatic heterocycles. The molecule has 1 N–H and O–H groups in total. The summed E-state index contributed by atoms with van der Waals surface area (Å²) >= 11 is 0. The molecular weight excluding hydrogens is 206 g/mol. The van der Waals surface area contributed by atoms with Crippen LogP contribution in [-0.4, -0.2) is 16.1 Å². The molecule has 1 aliphatic carbocycles. The lowest BCUT2D eigenvalue weighted by Crippen LogP contribution is -2.39. The van der Waals surface area contributed by atoms with Gasteiger partial charge in [0.15, 0.2) is 0 Å². The second-order valence-electron chi connectivity index (χ2n) is 4.30. The molecule has 1 aromatic carbocycles. The summed E-state index contributed by atoms with van der Waals surface area (Å²) in [5, 5.41) is 20.5.